The van der Waals surface area contributed by atoms with Crippen molar-refractivity contribution in [3.63, 3.8) is 0 Å². The van der Waals surface area contributed by atoms with Crippen LogP contribution < -0.4 is 5.14 Å². The standard InChI is InChI=1S/C15H16N2O3S/c1-12(17-20-11-13-6-3-2-4-7-13)14-8-5-9-15(10-14)21(16,18)19/h2-10H,11H2,1H3,(H2,16,18,19). The van der Waals surface area contributed by atoms with E-state index in [4.69, 9.17) is 9.98 Å². The highest BCUT2D eigenvalue weighted by Crippen LogP contribution is 2.11. The van der Waals surface area contributed by atoms with Crippen LogP contribution in [0, 0.1) is 0 Å². The molecule has 0 aliphatic heterocycles. The molecule has 6 heteroatoms. The molecule has 0 saturated heterocycles. The molecule has 0 amide bonds. The molecule has 0 spiro atoms. The van der Waals surface area contributed by atoms with Crippen molar-refractivity contribution in [3.05, 3.63) is 65.7 Å². The zero-order valence-electron chi connectivity index (χ0n) is 11.6. The van der Waals surface area contributed by atoms with Crippen LogP contribution in [0.1, 0.15) is 18.1 Å². The Bertz CT molecular complexity index is 741. The second-order valence-corrected chi connectivity index (χ2v) is 6.07. The van der Waals surface area contributed by atoms with Crippen LogP contribution in [0.15, 0.2) is 64.6 Å². The van der Waals surface area contributed by atoms with Crippen molar-refractivity contribution in [2.45, 2.75) is 18.4 Å². The van der Waals surface area contributed by atoms with Gasteiger partial charge >= 0.3 is 0 Å². The van der Waals surface area contributed by atoms with E-state index in [1.54, 1.807) is 19.1 Å². The largest absolute Gasteiger partial charge is 0.391 e. The van der Waals surface area contributed by atoms with E-state index in [1.165, 1.54) is 12.1 Å². The summed E-state index contributed by atoms with van der Waals surface area (Å²) in [4.78, 5) is 5.32. The predicted molar refractivity (Wildman–Crippen MR) is 81.3 cm³/mol. The number of hydrogen-bond acceptors (Lipinski definition) is 4. The number of oxime groups is 1. The fraction of sp³-hybridized carbons (Fsp3) is 0.133. The molecule has 5 nitrogen and oxygen atoms in total. The van der Waals surface area contributed by atoms with Gasteiger partial charge in [0.15, 0.2) is 0 Å². The monoisotopic (exact) mass is 304 g/mol. The molecule has 2 aromatic carbocycles. The van der Waals surface area contributed by atoms with E-state index in [9.17, 15) is 8.42 Å². The molecule has 21 heavy (non-hydrogen) atoms. The molecule has 0 aromatic heterocycles. The number of hydrogen-bond donors (Lipinski definition) is 1. The zero-order valence-corrected chi connectivity index (χ0v) is 12.4. The van der Waals surface area contributed by atoms with E-state index >= 15 is 0 Å². The van der Waals surface area contributed by atoms with E-state index in [1.807, 2.05) is 30.3 Å². The van der Waals surface area contributed by atoms with Crippen molar-refractivity contribution in [3.8, 4) is 0 Å². The van der Waals surface area contributed by atoms with Crippen LogP contribution in [0.5, 0.6) is 0 Å². The average molecular weight is 304 g/mol. The lowest BCUT2D eigenvalue weighted by Crippen LogP contribution is -2.12. The second kappa shape index (κ2) is 6.51. The van der Waals surface area contributed by atoms with E-state index in [2.05, 4.69) is 5.16 Å². The molecule has 0 saturated carbocycles. The first-order valence-corrected chi connectivity index (χ1v) is 7.85. The van der Waals surface area contributed by atoms with E-state index in [-0.39, 0.29) is 4.90 Å². The summed E-state index contributed by atoms with van der Waals surface area (Å²) in [6, 6.07) is 15.9. The zero-order chi connectivity index (χ0) is 15.3. The number of nitrogens with two attached hydrogens (primary N) is 1. The first-order chi connectivity index (χ1) is 9.97. The maximum Gasteiger partial charge on any atom is 0.238 e. The molecule has 0 bridgehead atoms. The first-order valence-electron chi connectivity index (χ1n) is 6.30. The van der Waals surface area contributed by atoms with Gasteiger partial charge in [0.25, 0.3) is 0 Å². The van der Waals surface area contributed by atoms with Crippen molar-refractivity contribution >= 4 is 15.7 Å². The Labute approximate surface area is 124 Å². The van der Waals surface area contributed by atoms with Gasteiger partial charge in [0.2, 0.25) is 10.0 Å². The highest BCUT2D eigenvalue weighted by molar-refractivity contribution is 7.89. The topological polar surface area (TPSA) is 81.8 Å². The highest BCUT2D eigenvalue weighted by atomic mass is 32.2. The van der Waals surface area contributed by atoms with Crippen LogP contribution in [-0.4, -0.2) is 14.1 Å². The van der Waals surface area contributed by atoms with Crippen molar-refractivity contribution in [2.24, 2.45) is 10.3 Å². The van der Waals surface area contributed by atoms with Gasteiger partial charge in [-0.1, -0.05) is 47.6 Å². The SMILES string of the molecule is CC(=NOCc1ccccc1)c1cccc(S(N)(=O)=O)c1. The Kier molecular flexibility index (Phi) is 4.72. The lowest BCUT2D eigenvalue weighted by molar-refractivity contribution is 0.130. The molecule has 0 fully saturated rings. The van der Waals surface area contributed by atoms with Gasteiger partial charge in [-0.3, -0.25) is 0 Å². The number of rotatable bonds is 5. The van der Waals surface area contributed by atoms with Gasteiger partial charge in [-0.05, 0) is 24.6 Å². The lowest BCUT2D eigenvalue weighted by Gasteiger charge is -2.04. The number of sulfonamides is 1. The third-order valence-corrected chi connectivity index (χ3v) is 3.77. The summed E-state index contributed by atoms with van der Waals surface area (Å²) in [5, 5.41) is 9.10. The summed E-state index contributed by atoms with van der Waals surface area (Å²) in [6.07, 6.45) is 0. The van der Waals surface area contributed by atoms with Crippen LogP contribution in [0.3, 0.4) is 0 Å². The fourth-order valence-electron chi connectivity index (χ4n) is 1.73. The number of nitrogens with zero attached hydrogens (tertiary/aromatic N) is 1. The Morgan fingerprint density at radius 1 is 1.14 bits per heavy atom. The summed E-state index contributed by atoms with van der Waals surface area (Å²) in [5.74, 6) is 0. The van der Waals surface area contributed by atoms with Crippen molar-refractivity contribution in [1.29, 1.82) is 0 Å². The Morgan fingerprint density at radius 2 is 1.86 bits per heavy atom. The summed E-state index contributed by atoms with van der Waals surface area (Å²) in [6.45, 7) is 2.10. The molecular formula is C15H16N2O3S. The maximum atomic E-state index is 11.3. The molecule has 2 rings (SSSR count). The molecule has 0 radical (unpaired) electrons. The van der Waals surface area contributed by atoms with Crippen LogP contribution in [0.25, 0.3) is 0 Å². The van der Waals surface area contributed by atoms with Crippen LogP contribution >= 0.6 is 0 Å². The van der Waals surface area contributed by atoms with Gasteiger partial charge in [-0.2, -0.15) is 0 Å². The second-order valence-electron chi connectivity index (χ2n) is 4.51. The van der Waals surface area contributed by atoms with E-state index < -0.39 is 10.0 Å². The lowest BCUT2D eigenvalue weighted by atomic mass is 10.1. The Hall–Kier alpha value is -2.18. The van der Waals surface area contributed by atoms with Gasteiger partial charge in [0.1, 0.15) is 6.61 Å². The third-order valence-electron chi connectivity index (χ3n) is 2.86. The smallest absolute Gasteiger partial charge is 0.238 e. The van der Waals surface area contributed by atoms with Crippen molar-refractivity contribution in [2.75, 3.05) is 0 Å². The van der Waals surface area contributed by atoms with Crippen LogP contribution in [0.4, 0.5) is 0 Å². The molecule has 2 aromatic rings. The average Bonchev–Trinajstić information content (AvgIpc) is 2.47. The number of primary sulfonamides is 1. The third kappa shape index (κ3) is 4.40. The highest BCUT2D eigenvalue weighted by Gasteiger charge is 2.09. The molecular weight excluding hydrogens is 288 g/mol. The summed E-state index contributed by atoms with van der Waals surface area (Å²) >= 11 is 0. The molecule has 0 aliphatic carbocycles. The minimum atomic E-state index is -3.72. The van der Waals surface area contributed by atoms with Gasteiger partial charge in [0.05, 0.1) is 10.6 Å². The fourth-order valence-corrected chi connectivity index (χ4v) is 2.29. The van der Waals surface area contributed by atoms with Crippen LogP contribution in [-0.2, 0) is 21.5 Å². The van der Waals surface area contributed by atoms with Gasteiger partial charge < -0.3 is 4.84 Å². The minimum absolute atomic E-state index is 0.0533. The van der Waals surface area contributed by atoms with Gasteiger partial charge in [-0.15, -0.1) is 0 Å². The normalized spacial score (nSPS) is 12.2. The predicted octanol–water partition coefficient (Wildman–Crippen LogP) is 2.27. The van der Waals surface area contributed by atoms with Crippen molar-refractivity contribution in [1.82, 2.24) is 0 Å². The van der Waals surface area contributed by atoms with Crippen LogP contribution in [0.2, 0.25) is 0 Å². The number of benzene rings is 2. The molecule has 0 aliphatic rings. The van der Waals surface area contributed by atoms with Gasteiger partial charge in [-0.25, -0.2) is 13.6 Å². The Balaban J connectivity index is 2.09. The summed E-state index contributed by atoms with van der Waals surface area (Å²) < 4.78 is 22.6. The molecule has 2 N–H and O–H groups in total. The van der Waals surface area contributed by atoms with Gasteiger partial charge in [0, 0.05) is 5.56 Å². The maximum absolute atomic E-state index is 11.3. The molecule has 0 unspecified atom stereocenters. The summed E-state index contributed by atoms with van der Waals surface area (Å²) in [7, 11) is -3.72. The minimum Gasteiger partial charge on any atom is -0.391 e. The quantitative estimate of drug-likeness (QED) is 0.679. The Morgan fingerprint density at radius 3 is 2.52 bits per heavy atom. The van der Waals surface area contributed by atoms with E-state index in [0.29, 0.717) is 17.9 Å². The molecule has 0 heterocycles. The first kappa shape index (κ1) is 15.2. The molecule has 0 atom stereocenters. The molecule has 110 valence electrons. The summed E-state index contributed by atoms with van der Waals surface area (Å²) in [5.41, 5.74) is 2.23. The van der Waals surface area contributed by atoms with Crippen molar-refractivity contribution < 1.29 is 13.3 Å². The van der Waals surface area contributed by atoms with E-state index in [0.717, 1.165) is 5.56 Å².